The molecule has 1 heterocycles. The first-order valence-electron chi connectivity index (χ1n) is 5.01. The molecule has 1 aromatic heterocycles. The van der Waals surface area contributed by atoms with E-state index < -0.39 is 10.5 Å². The van der Waals surface area contributed by atoms with Crippen molar-refractivity contribution in [2.75, 3.05) is 0 Å². The zero-order valence-electron chi connectivity index (χ0n) is 8.52. The number of nitro groups is 1. The Morgan fingerprint density at radius 3 is 2.88 bits per heavy atom. The van der Waals surface area contributed by atoms with Crippen molar-refractivity contribution in [1.82, 2.24) is 4.98 Å². The molecule has 0 amide bonds. The maximum atomic E-state index is 10.8. The largest absolute Gasteiger partial charge is 0.390 e. The summed E-state index contributed by atoms with van der Waals surface area (Å²) in [7, 11) is 0. The van der Waals surface area contributed by atoms with Gasteiger partial charge in [-0.2, -0.15) is 0 Å². The van der Waals surface area contributed by atoms with Crippen molar-refractivity contribution in [1.29, 1.82) is 0 Å². The summed E-state index contributed by atoms with van der Waals surface area (Å²) in [5.41, 5.74) is -0.144. The number of aromatic nitrogens is 1. The summed E-state index contributed by atoms with van der Waals surface area (Å²) in [6.07, 6.45) is 4.11. The molecule has 16 heavy (non-hydrogen) atoms. The highest BCUT2D eigenvalue weighted by Crippen LogP contribution is 2.39. The van der Waals surface area contributed by atoms with Gasteiger partial charge >= 0.3 is 0 Å². The third-order valence-corrected chi connectivity index (χ3v) is 3.20. The number of hydrogen-bond donors (Lipinski definition) is 1. The molecular formula is C10H11BrN2O3. The Balaban J connectivity index is 2.15. The van der Waals surface area contributed by atoms with Crippen LogP contribution in [0.4, 0.5) is 5.69 Å². The van der Waals surface area contributed by atoms with Crippen molar-refractivity contribution in [2.45, 2.75) is 31.3 Å². The van der Waals surface area contributed by atoms with Crippen molar-refractivity contribution in [2.24, 2.45) is 0 Å². The molecule has 86 valence electrons. The number of halogens is 1. The SMILES string of the molecule is O=[N+]([O-])c1cc(Br)cnc1CCC1(O)CC1. The van der Waals surface area contributed by atoms with Crippen LogP contribution in [0.25, 0.3) is 0 Å². The molecule has 0 spiro atoms. The topological polar surface area (TPSA) is 76.3 Å². The fourth-order valence-electron chi connectivity index (χ4n) is 1.55. The van der Waals surface area contributed by atoms with Crippen LogP contribution in [0.15, 0.2) is 16.7 Å². The number of nitrogens with zero attached hydrogens (tertiary/aromatic N) is 2. The number of pyridine rings is 1. The second kappa shape index (κ2) is 4.10. The van der Waals surface area contributed by atoms with Crippen LogP contribution < -0.4 is 0 Å². The molecule has 6 heteroatoms. The van der Waals surface area contributed by atoms with Gasteiger partial charge in [0.1, 0.15) is 5.69 Å². The van der Waals surface area contributed by atoms with E-state index >= 15 is 0 Å². The minimum Gasteiger partial charge on any atom is -0.390 e. The second-order valence-electron chi connectivity index (χ2n) is 4.10. The summed E-state index contributed by atoms with van der Waals surface area (Å²) in [4.78, 5) is 14.4. The molecule has 0 aliphatic heterocycles. The summed E-state index contributed by atoms with van der Waals surface area (Å²) in [5, 5.41) is 20.5. The Hall–Kier alpha value is -1.01. The first-order chi connectivity index (χ1) is 7.50. The van der Waals surface area contributed by atoms with Crippen LogP contribution in [-0.2, 0) is 6.42 Å². The van der Waals surface area contributed by atoms with E-state index in [0.29, 0.717) is 23.0 Å². The molecular weight excluding hydrogens is 276 g/mol. The van der Waals surface area contributed by atoms with Crippen molar-refractivity contribution in [3.63, 3.8) is 0 Å². The first-order valence-corrected chi connectivity index (χ1v) is 5.81. The van der Waals surface area contributed by atoms with Gasteiger partial charge in [-0.3, -0.25) is 15.1 Å². The van der Waals surface area contributed by atoms with Gasteiger partial charge in [0.05, 0.1) is 10.5 Å². The van der Waals surface area contributed by atoms with Gasteiger partial charge in [0.2, 0.25) is 0 Å². The Labute approximate surface area is 101 Å². The van der Waals surface area contributed by atoms with Crippen LogP contribution >= 0.6 is 15.9 Å². The zero-order chi connectivity index (χ0) is 11.8. The first kappa shape index (κ1) is 11.5. The lowest BCUT2D eigenvalue weighted by Crippen LogP contribution is -2.09. The zero-order valence-corrected chi connectivity index (χ0v) is 10.1. The van der Waals surface area contributed by atoms with Gasteiger partial charge < -0.3 is 5.11 Å². The smallest absolute Gasteiger partial charge is 0.291 e. The minimum atomic E-state index is -0.595. The Kier molecular flexibility index (Phi) is 2.94. The Morgan fingerprint density at radius 1 is 1.62 bits per heavy atom. The van der Waals surface area contributed by atoms with Gasteiger partial charge in [-0.05, 0) is 41.6 Å². The van der Waals surface area contributed by atoms with Crippen LogP contribution in [0.5, 0.6) is 0 Å². The van der Waals surface area contributed by atoms with E-state index in [9.17, 15) is 15.2 Å². The van der Waals surface area contributed by atoms with Gasteiger partial charge in [0.25, 0.3) is 5.69 Å². The molecule has 2 rings (SSSR count). The summed E-state index contributed by atoms with van der Waals surface area (Å²) in [5.74, 6) is 0. The van der Waals surface area contributed by atoms with Crippen molar-refractivity contribution >= 4 is 21.6 Å². The van der Waals surface area contributed by atoms with Crippen molar-refractivity contribution < 1.29 is 10.0 Å². The van der Waals surface area contributed by atoms with Gasteiger partial charge in [-0.25, -0.2) is 0 Å². The predicted molar refractivity (Wildman–Crippen MR) is 61.1 cm³/mol. The molecule has 1 saturated carbocycles. The molecule has 1 aliphatic rings. The molecule has 1 N–H and O–H groups in total. The monoisotopic (exact) mass is 286 g/mol. The summed E-state index contributed by atoms with van der Waals surface area (Å²) in [6, 6.07) is 1.44. The van der Waals surface area contributed by atoms with E-state index in [0.717, 1.165) is 12.8 Å². The molecule has 5 nitrogen and oxygen atoms in total. The average molecular weight is 287 g/mol. The van der Waals surface area contributed by atoms with Crippen LogP contribution in [0.2, 0.25) is 0 Å². The quantitative estimate of drug-likeness (QED) is 0.680. The molecule has 0 bridgehead atoms. The summed E-state index contributed by atoms with van der Waals surface area (Å²) in [6.45, 7) is 0. The van der Waals surface area contributed by atoms with Crippen LogP contribution in [-0.4, -0.2) is 20.6 Å². The lowest BCUT2D eigenvalue weighted by molar-refractivity contribution is -0.386. The normalized spacial score (nSPS) is 17.1. The van der Waals surface area contributed by atoms with Crippen LogP contribution in [0, 0.1) is 10.1 Å². The number of rotatable bonds is 4. The third kappa shape index (κ3) is 2.56. The summed E-state index contributed by atoms with van der Waals surface area (Å²) < 4.78 is 0.591. The number of hydrogen-bond acceptors (Lipinski definition) is 4. The molecule has 0 unspecified atom stereocenters. The maximum absolute atomic E-state index is 10.8. The van der Waals surface area contributed by atoms with E-state index in [2.05, 4.69) is 20.9 Å². The van der Waals surface area contributed by atoms with E-state index in [1.165, 1.54) is 6.07 Å². The van der Waals surface area contributed by atoms with E-state index in [-0.39, 0.29) is 5.69 Å². The van der Waals surface area contributed by atoms with Crippen LogP contribution in [0.1, 0.15) is 25.0 Å². The number of aliphatic hydroxyl groups is 1. The fourth-order valence-corrected chi connectivity index (χ4v) is 1.87. The fraction of sp³-hybridized carbons (Fsp3) is 0.500. The van der Waals surface area contributed by atoms with Gasteiger partial charge in [-0.1, -0.05) is 0 Å². The van der Waals surface area contributed by atoms with E-state index in [4.69, 9.17) is 0 Å². The van der Waals surface area contributed by atoms with Gasteiger partial charge in [0, 0.05) is 16.7 Å². The third-order valence-electron chi connectivity index (χ3n) is 2.77. The molecule has 0 aromatic carbocycles. The lowest BCUT2D eigenvalue weighted by atomic mass is 10.1. The Morgan fingerprint density at radius 2 is 2.31 bits per heavy atom. The highest BCUT2D eigenvalue weighted by atomic mass is 79.9. The van der Waals surface area contributed by atoms with E-state index in [1.54, 1.807) is 6.20 Å². The minimum absolute atomic E-state index is 0.0126. The molecule has 0 atom stereocenters. The molecule has 1 fully saturated rings. The Bertz CT molecular complexity index is 432. The van der Waals surface area contributed by atoms with Crippen LogP contribution in [0.3, 0.4) is 0 Å². The average Bonchev–Trinajstić information content (AvgIpc) is 2.95. The number of aryl methyl sites for hydroxylation is 1. The molecule has 0 saturated heterocycles. The highest BCUT2D eigenvalue weighted by molar-refractivity contribution is 9.10. The summed E-state index contributed by atoms with van der Waals surface area (Å²) >= 11 is 3.15. The lowest BCUT2D eigenvalue weighted by Gasteiger charge is -2.06. The molecule has 1 aromatic rings. The standard InChI is InChI=1S/C10H11BrN2O3/c11-7-5-9(13(15)16)8(12-6-7)1-2-10(14)3-4-10/h5-6,14H,1-4H2. The van der Waals surface area contributed by atoms with Gasteiger partial charge in [-0.15, -0.1) is 0 Å². The van der Waals surface area contributed by atoms with Crippen molar-refractivity contribution in [3.05, 3.63) is 32.5 Å². The second-order valence-corrected chi connectivity index (χ2v) is 5.02. The van der Waals surface area contributed by atoms with Crippen molar-refractivity contribution in [3.8, 4) is 0 Å². The maximum Gasteiger partial charge on any atom is 0.291 e. The molecule has 1 aliphatic carbocycles. The molecule has 0 radical (unpaired) electrons. The highest BCUT2D eigenvalue weighted by Gasteiger charge is 2.40. The van der Waals surface area contributed by atoms with Gasteiger partial charge in [0.15, 0.2) is 0 Å². The van der Waals surface area contributed by atoms with E-state index in [1.807, 2.05) is 0 Å². The predicted octanol–water partition coefficient (Wildman–Crippen LogP) is 2.21.